The molecule has 0 spiro atoms. The topological polar surface area (TPSA) is 9.23 Å². The Bertz CT molecular complexity index is 674. The molecule has 0 aliphatic heterocycles. The van der Waals surface area contributed by atoms with Gasteiger partial charge in [-0.15, -0.1) is 0 Å². The summed E-state index contributed by atoms with van der Waals surface area (Å²) in [5, 5.41) is 0. The van der Waals surface area contributed by atoms with Crippen LogP contribution in [0.2, 0.25) is 0 Å². The van der Waals surface area contributed by atoms with E-state index < -0.39 is 0 Å². The Morgan fingerprint density at radius 1 is 0.967 bits per heavy atom. The first-order valence-electron chi connectivity index (χ1n) is 13.1. The van der Waals surface area contributed by atoms with E-state index in [1.54, 1.807) is 5.57 Å². The molecule has 1 heteroatoms. The van der Waals surface area contributed by atoms with Crippen molar-refractivity contribution in [2.75, 3.05) is 7.11 Å². The van der Waals surface area contributed by atoms with Crippen molar-refractivity contribution in [3.63, 3.8) is 0 Å². The number of hydrogen-bond acceptors (Lipinski definition) is 1. The van der Waals surface area contributed by atoms with Gasteiger partial charge in [0.1, 0.15) is 0 Å². The summed E-state index contributed by atoms with van der Waals surface area (Å²) in [5.41, 5.74) is 2.76. The van der Waals surface area contributed by atoms with Crippen LogP contribution in [0.5, 0.6) is 0 Å². The van der Waals surface area contributed by atoms with Crippen molar-refractivity contribution in [1.29, 1.82) is 0 Å². The van der Waals surface area contributed by atoms with E-state index in [4.69, 9.17) is 4.74 Å². The second-order valence-corrected chi connectivity index (χ2v) is 12.4. The molecule has 0 aromatic rings. The number of allylic oxidation sites excluding steroid dienone is 3. The molecular weight excluding hydrogens is 364 g/mol. The molecule has 4 aliphatic rings. The van der Waals surface area contributed by atoms with Gasteiger partial charge in [-0.2, -0.15) is 0 Å². The van der Waals surface area contributed by atoms with Gasteiger partial charge in [-0.1, -0.05) is 65.3 Å². The van der Waals surface area contributed by atoms with Crippen molar-refractivity contribution in [2.45, 2.75) is 99.0 Å². The fraction of sp³-hybridized carbons (Fsp3) is 0.862. The number of hydrogen-bond donors (Lipinski definition) is 0. The standard InChI is InChI=1S/C29H48O/c1-19(2)20(3)8-9-21(4)25-12-13-26-24-11-10-22-18-23(30-7)14-16-28(22,5)27(24)15-17-29(25,26)6/h8-10,19-21,23-27H,11-18H2,1-7H3/b9-8+/t20-,21-,23+,24?,25-,26?,27?,28+,29-/m1/s1. The minimum absolute atomic E-state index is 0.454. The molecule has 0 aromatic heterocycles. The third-order valence-corrected chi connectivity index (χ3v) is 10.9. The average molecular weight is 413 g/mol. The molecule has 4 rings (SSSR count). The van der Waals surface area contributed by atoms with Crippen molar-refractivity contribution in [3.05, 3.63) is 23.8 Å². The lowest BCUT2D eigenvalue weighted by atomic mass is 9.47. The molecule has 0 bridgehead atoms. The van der Waals surface area contributed by atoms with Crippen LogP contribution in [0.4, 0.5) is 0 Å². The SMILES string of the molecule is CO[C@H]1CC[C@@]2(C)C(=CCC3C2CC[C@@]2(C)C3CC[C@@H]2[C@H](C)/C=C/[C@@H](C)C(C)C)C1. The van der Waals surface area contributed by atoms with Gasteiger partial charge >= 0.3 is 0 Å². The zero-order chi connectivity index (χ0) is 21.7. The highest BCUT2D eigenvalue weighted by Gasteiger charge is 2.59. The molecule has 3 unspecified atom stereocenters. The van der Waals surface area contributed by atoms with Gasteiger partial charge in [0.25, 0.3) is 0 Å². The van der Waals surface area contributed by atoms with E-state index in [-0.39, 0.29) is 0 Å². The van der Waals surface area contributed by atoms with Crippen molar-refractivity contribution < 1.29 is 4.74 Å². The zero-order valence-corrected chi connectivity index (χ0v) is 20.9. The van der Waals surface area contributed by atoms with Crippen LogP contribution in [0.3, 0.4) is 0 Å². The molecule has 170 valence electrons. The number of ether oxygens (including phenoxy) is 1. The lowest BCUT2D eigenvalue weighted by Crippen LogP contribution is -2.50. The lowest BCUT2D eigenvalue weighted by molar-refractivity contribution is -0.0572. The van der Waals surface area contributed by atoms with Crippen molar-refractivity contribution in [2.24, 2.45) is 52.3 Å². The van der Waals surface area contributed by atoms with Crippen LogP contribution < -0.4 is 0 Å². The second-order valence-electron chi connectivity index (χ2n) is 12.4. The Morgan fingerprint density at radius 2 is 1.73 bits per heavy atom. The predicted octanol–water partition coefficient (Wildman–Crippen LogP) is 8.06. The van der Waals surface area contributed by atoms with Crippen LogP contribution in [0, 0.1) is 52.3 Å². The molecule has 3 saturated carbocycles. The first-order valence-corrected chi connectivity index (χ1v) is 13.1. The third-order valence-electron chi connectivity index (χ3n) is 10.9. The van der Waals surface area contributed by atoms with Crippen LogP contribution in [0.25, 0.3) is 0 Å². The number of fused-ring (bicyclic) bond motifs is 5. The summed E-state index contributed by atoms with van der Waals surface area (Å²) in [6.45, 7) is 14.9. The molecule has 0 radical (unpaired) electrons. The molecule has 1 nitrogen and oxygen atoms in total. The van der Waals surface area contributed by atoms with E-state index in [1.807, 2.05) is 7.11 Å². The van der Waals surface area contributed by atoms with E-state index in [9.17, 15) is 0 Å². The Hall–Kier alpha value is -0.560. The molecule has 0 aromatic carbocycles. The highest BCUT2D eigenvalue weighted by atomic mass is 16.5. The third kappa shape index (κ3) is 3.66. The molecule has 0 saturated heterocycles. The molecule has 0 amide bonds. The molecule has 4 aliphatic carbocycles. The molecular formula is C29H48O. The van der Waals surface area contributed by atoms with Crippen molar-refractivity contribution >= 4 is 0 Å². The predicted molar refractivity (Wildman–Crippen MR) is 128 cm³/mol. The summed E-state index contributed by atoms with van der Waals surface area (Å²) in [6, 6.07) is 0. The Kier molecular flexibility index (Phi) is 6.35. The molecule has 0 heterocycles. The normalized spacial score (nSPS) is 45.6. The fourth-order valence-corrected chi connectivity index (χ4v) is 8.44. The van der Waals surface area contributed by atoms with Crippen LogP contribution in [0.1, 0.15) is 92.9 Å². The Morgan fingerprint density at radius 3 is 2.43 bits per heavy atom. The quantitative estimate of drug-likeness (QED) is 0.415. The van der Waals surface area contributed by atoms with Gasteiger partial charge in [-0.25, -0.2) is 0 Å². The maximum absolute atomic E-state index is 5.75. The smallest absolute Gasteiger partial charge is 0.0608 e. The van der Waals surface area contributed by atoms with Gasteiger partial charge in [0, 0.05) is 7.11 Å². The summed E-state index contributed by atoms with van der Waals surface area (Å²) < 4.78 is 5.75. The van der Waals surface area contributed by atoms with E-state index in [0.29, 0.717) is 22.9 Å². The van der Waals surface area contributed by atoms with Crippen LogP contribution in [0.15, 0.2) is 23.8 Å². The summed E-state index contributed by atoms with van der Waals surface area (Å²) in [4.78, 5) is 0. The summed E-state index contributed by atoms with van der Waals surface area (Å²) in [6.07, 6.45) is 19.2. The Balaban J connectivity index is 1.52. The second kappa shape index (κ2) is 8.42. The average Bonchev–Trinajstić information content (AvgIpc) is 3.08. The summed E-state index contributed by atoms with van der Waals surface area (Å²) in [7, 11) is 1.90. The number of methoxy groups -OCH3 is 1. The van der Waals surface area contributed by atoms with Gasteiger partial charge < -0.3 is 4.74 Å². The van der Waals surface area contributed by atoms with Gasteiger partial charge in [0.2, 0.25) is 0 Å². The van der Waals surface area contributed by atoms with Crippen LogP contribution in [-0.4, -0.2) is 13.2 Å². The minimum Gasteiger partial charge on any atom is -0.381 e. The van der Waals surface area contributed by atoms with E-state index in [2.05, 4.69) is 59.8 Å². The van der Waals surface area contributed by atoms with Crippen LogP contribution in [-0.2, 0) is 4.74 Å². The summed E-state index contributed by atoms with van der Waals surface area (Å²) in [5.74, 6) is 5.81. The molecule has 9 atom stereocenters. The van der Waals surface area contributed by atoms with Crippen LogP contribution >= 0.6 is 0 Å². The first-order chi connectivity index (χ1) is 14.2. The number of rotatable bonds is 5. The first kappa shape index (κ1) is 22.6. The van der Waals surface area contributed by atoms with Crippen molar-refractivity contribution in [3.8, 4) is 0 Å². The largest absolute Gasteiger partial charge is 0.381 e. The van der Waals surface area contributed by atoms with Gasteiger partial charge in [-0.05, 0) is 104 Å². The zero-order valence-electron chi connectivity index (χ0n) is 20.9. The van der Waals surface area contributed by atoms with Crippen molar-refractivity contribution in [1.82, 2.24) is 0 Å². The molecule has 0 N–H and O–H groups in total. The monoisotopic (exact) mass is 412 g/mol. The van der Waals surface area contributed by atoms with Gasteiger partial charge in [0.05, 0.1) is 6.10 Å². The van der Waals surface area contributed by atoms with E-state index in [0.717, 1.165) is 35.5 Å². The summed E-state index contributed by atoms with van der Waals surface area (Å²) >= 11 is 0. The molecule has 3 fully saturated rings. The van der Waals surface area contributed by atoms with E-state index >= 15 is 0 Å². The Labute approximate surface area is 187 Å². The van der Waals surface area contributed by atoms with E-state index in [1.165, 1.54) is 51.4 Å². The lowest BCUT2D eigenvalue weighted by Gasteiger charge is -2.58. The maximum Gasteiger partial charge on any atom is 0.0608 e. The highest BCUT2D eigenvalue weighted by Crippen LogP contribution is 2.67. The molecule has 30 heavy (non-hydrogen) atoms. The minimum atomic E-state index is 0.454. The highest BCUT2D eigenvalue weighted by molar-refractivity contribution is 5.25. The van der Waals surface area contributed by atoms with Gasteiger partial charge in [0.15, 0.2) is 0 Å². The van der Waals surface area contributed by atoms with Gasteiger partial charge in [-0.3, -0.25) is 0 Å². The fourth-order valence-electron chi connectivity index (χ4n) is 8.44. The maximum atomic E-state index is 5.75.